The summed E-state index contributed by atoms with van der Waals surface area (Å²) in [4.78, 5) is 12.7. The summed E-state index contributed by atoms with van der Waals surface area (Å²) >= 11 is 0. The first-order chi connectivity index (χ1) is 12.1. The number of aryl methyl sites for hydroxylation is 1. The molecule has 4 heteroatoms. The van der Waals surface area contributed by atoms with Crippen LogP contribution in [0.2, 0.25) is 0 Å². The third-order valence-electron chi connectivity index (χ3n) is 4.65. The summed E-state index contributed by atoms with van der Waals surface area (Å²) in [5, 5.41) is 2.95. The number of hydrogen-bond donors (Lipinski definition) is 1. The Balaban J connectivity index is 1.97. The second kappa shape index (κ2) is 5.74. The number of hydrogen-bond acceptors (Lipinski definition) is 1. The lowest BCUT2D eigenvalue weighted by molar-refractivity contribution is -0.110. The predicted octanol–water partition coefficient (Wildman–Crippen LogP) is 4.71. The average molecular weight is 332 g/mol. The number of benzene rings is 2. The summed E-state index contributed by atoms with van der Waals surface area (Å²) < 4.78 is 15.3. The molecular weight excluding hydrogens is 315 g/mol. The first kappa shape index (κ1) is 15.4. The lowest BCUT2D eigenvalue weighted by Crippen LogP contribution is -2.06. The molecule has 1 aromatic heterocycles. The molecule has 0 unspecified atom stereocenters. The van der Waals surface area contributed by atoms with Gasteiger partial charge in [-0.1, -0.05) is 24.3 Å². The van der Waals surface area contributed by atoms with Crippen molar-refractivity contribution in [2.45, 2.75) is 6.92 Å². The van der Waals surface area contributed by atoms with Crippen molar-refractivity contribution in [1.82, 2.24) is 4.57 Å². The molecule has 0 fully saturated rings. The minimum atomic E-state index is -0.277. The molecule has 2 aromatic carbocycles. The smallest absolute Gasteiger partial charge is 0.256 e. The van der Waals surface area contributed by atoms with Crippen LogP contribution in [0.25, 0.3) is 22.3 Å². The fourth-order valence-electron chi connectivity index (χ4n) is 3.43. The highest BCUT2D eigenvalue weighted by Crippen LogP contribution is 2.42. The third kappa shape index (κ3) is 2.47. The van der Waals surface area contributed by atoms with Gasteiger partial charge in [-0.05, 0) is 54.0 Å². The Bertz CT molecular complexity index is 1010. The number of carbonyl (C=O) groups excluding carboxylic acids is 1. The van der Waals surface area contributed by atoms with Crippen molar-refractivity contribution in [3.63, 3.8) is 0 Å². The zero-order chi connectivity index (χ0) is 17.6. The van der Waals surface area contributed by atoms with E-state index in [9.17, 15) is 9.18 Å². The van der Waals surface area contributed by atoms with Crippen molar-refractivity contribution in [2.75, 3.05) is 5.32 Å². The molecule has 0 atom stereocenters. The summed E-state index contributed by atoms with van der Waals surface area (Å²) in [5.74, 6) is -0.385. The van der Waals surface area contributed by atoms with E-state index in [0.29, 0.717) is 5.57 Å². The van der Waals surface area contributed by atoms with E-state index in [2.05, 4.69) is 5.32 Å². The van der Waals surface area contributed by atoms with Gasteiger partial charge < -0.3 is 9.88 Å². The maximum Gasteiger partial charge on any atom is 0.256 e. The van der Waals surface area contributed by atoms with Crippen LogP contribution in [0.5, 0.6) is 0 Å². The minimum Gasteiger partial charge on any atom is -0.351 e. The molecule has 1 aliphatic rings. The Morgan fingerprint density at radius 2 is 1.80 bits per heavy atom. The van der Waals surface area contributed by atoms with E-state index < -0.39 is 0 Å². The fourth-order valence-corrected chi connectivity index (χ4v) is 3.43. The molecule has 4 rings (SSSR count). The molecule has 0 radical (unpaired) electrons. The minimum absolute atomic E-state index is 0.108. The van der Waals surface area contributed by atoms with Gasteiger partial charge in [0, 0.05) is 30.2 Å². The number of halogens is 1. The van der Waals surface area contributed by atoms with Crippen LogP contribution in [-0.4, -0.2) is 10.5 Å². The monoisotopic (exact) mass is 332 g/mol. The molecule has 3 nitrogen and oxygen atoms in total. The Labute approximate surface area is 145 Å². The van der Waals surface area contributed by atoms with Crippen LogP contribution in [0.15, 0.2) is 60.8 Å². The predicted molar refractivity (Wildman–Crippen MR) is 98.4 cm³/mol. The average Bonchev–Trinajstić information content (AvgIpc) is 3.17. The molecule has 3 aromatic rings. The normalized spacial score (nSPS) is 15.1. The molecule has 124 valence electrons. The molecule has 0 spiro atoms. The van der Waals surface area contributed by atoms with Crippen LogP contribution in [0.1, 0.15) is 18.2 Å². The molecule has 0 aliphatic carbocycles. The van der Waals surface area contributed by atoms with Gasteiger partial charge in [-0.2, -0.15) is 0 Å². The molecule has 0 saturated heterocycles. The highest BCUT2D eigenvalue weighted by molar-refractivity contribution is 6.37. The Morgan fingerprint density at radius 3 is 2.48 bits per heavy atom. The second-order valence-corrected chi connectivity index (χ2v) is 6.19. The molecule has 1 aliphatic heterocycles. The molecule has 25 heavy (non-hydrogen) atoms. The van der Waals surface area contributed by atoms with Crippen molar-refractivity contribution in [3.8, 4) is 11.1 Å². The quantitative estimate of drug-likeness (QED) is 0.677. The number of carbonyl (C=O) groups is 1. The number of nitrogens with one attached hydrogen (secondary N) is 1. The summed E-state index contributed by atoms with van der Waals surface area (Å²) in [6.07, 6.45) is 1.96. The van der Waals surface area contributed by atoms with Crippen LogP contribution in [0.3, 0.4) is 0 Å². The summed E-state index contributed by atoms with van der Waals surface area (Å²) in [6.45, 7) is 1.96. The van der Waals surface area contributed by atoms with Crippen LogP contribution in [0, 0.1) is 5.82 Å². The summed E-state index contributed by atoms with van der Waals surface area (Å²) in [5.41, 5.74) is 6.03. The molecule has 1 amide bonds. The van der Waals surface area contributed by atoms with Gasteiger partial charge in [-0.15, -0.1) is 0 Å². The Kier molecular flexibility index (Phi) is 3.53. The van der Waals surface area contributed by atoms with E-state index in [1.54, 1.807) is 12.1 Å². The van der Waals surface area contributed by atoms with E-state index in [-0.39, 0.29) is 11.7 Å². The molecule has 0 saturated carbocycles. The van der Waals surface area contributed by atoms with Crippen LogP contribution in [0.4, 0.5) is 10.1 Å². The lowest BCUT2D eigenvalue weighted by Gasteiger charge is -2.12. The SMILES string of the molecule is CC(=C1C(=O)Nc2cccc(-c3ccc(F)cc3)c21)c1cccn1C. The number of amides is 1. The molecular formula is C21H17FN2O. The van der Waals surface area contributed by atoms with Gasteiger partial charge in [-0.3, -0.25) is 4.79 Å². The van der Waals surface area contributed by atoms with Crippen molar-refractivity contribution >= 4 is 22.7 Å². The summed E-state index contributed by atoms with van der Waals surface area (Å²) in [6, 6.07) is 16.1. The van der Waals surface area contributed by atoms with Gasteiger partial charge in [0.1, 0.15) is 5.82 Å². The van der Waals surface area contributed by atoms with E-state index >= 15 is 0 Å². The van der Waals surface area contributed by atoms with Gasteiger partial charge in [0.2, 0.25) is 0 Å². The topological polar surface area (TPSA) is 34.0 Å². The number of rotatable bonds is 2. The van der Waals surface area contributed by atoms with Gasteiger partial charge in [-0.25, -0.2) is 4.39 Å². The molecule has 2 heterocycles. The number of nitrogens with zero attached hydrogens (tertiary/aromatic N) is 1. The largest absolute Gasteiger partial charge is 0.351 e. The number of anilines is 1. The van der Waals surface area contributed by atoms with Gasteiger partial charge in [0.15, 0.2) is 0 Å². The van der Waals surface area contributed by atoms with Crippen molar-refractivity contribution in [3.05, 3.63) is 77.9 Å². The first-order valence-electron chi connectivity index (χ1n) is 8.09. The van der Waals surface area contributed by atoms with Crippen LogP contribution < -0.4 is 5.32 Å². The van der Waals surface area contributed by atoms with Crippen LogP contribution in [-0.2, 0) is 11.8 Å². The zero-order valence-corrected chi connectivity index (χ0v) is 14.0. The maximum absolute atomic E-state index is 13.3. The standard InChI is InChI=1S/C21H17FN2O/c1-13(18-7-4-12-24(18)2)19-20-16(14-8-10-15(22)11-9-14)5-3-6-17(20)23-21(19)25/h3-12H,1-2H3,(H,23,25). The first-order valence-corrected chi connectivity index (χ1v) is 8.09. The highest BCUT2D eigenvalue weighted by atomic mass is 19.1. The van der Waals surface area contributed by atoms with E-state index in [4.69, 9.17) is 0 Å². The van der Waals surface area contributed by atoms with Gasteiger partial charge in [0.05, 0.1) is 5.57 Å². The number of aromatic nitrogens is 1. The van der Waals surface area contributed by atoms with Crippen molar-refractivity contribution in [1.29, 1.82) is 0 Å². The number of fused-ring (bicyclic) bond motifs is 1. The van der Waals surface area contributed by atoms with Gasteiger partial charge in [0.25, 0.3) is 5.91 Å². The van der Waals surface area contributed by atoms with Crippen molar-refractivity contribution < 1.29 is 9.18 Å². The third-order valence-corrected chi connectivity index (χ3v) is 4.65. The van der Waals surface area contributed by atoms with Gasteiger partial charge >= 0.3 is 0 Å². The number of allylic oxidation sites excluding steroid dienone is 1. The fraction of sp³-hybridized carbons (Fsp3) is 0.0952. The maximum atomic E-state index is 13.3. The van der Waals surface area contributed by atoms with Crippen LogP contribution >= 0.6 is 0 Å². The Hall–Kier alpha value is -3.14. The molecule has 1 N–H and O–H groups in total. The lowest BCUT2D eigenvalue weighted by atomic mass is 9.92. The van der Waals surface area contributed by atoms with E-state index in [1.165, 1.54) is 12.1 Å². The second-order valence-electron chi connectivity index (χ2n) is 6.19. The van der Waals surface area contributed by atoms with E-state index in [1.807, 2.05) is 55.1 Å². The highest BCUT2D eigenvalue weighted by Gasteiger charge is 2.29. The van der Waals surface area contributed by atoms with Crippen molar-refractivity contribution in [2.24, 2.45) is 7.05 Å². The Morgan fingerprint density at radius 1 is 1.04 bits per heavy atom. The molecule has 0 bridgehead atoms. The summed E-state index contributed by atoms with van der Waals surface area (Å²) in [7, 11) is 1.96. The zero-order valence-electron chi connectivity index (χ0n) is 14.0. The van der Waals surface area contributed by atoms with E-state index in [0.717, 1.165) is 33.6 Å².